The Labute approximate surface area is 99.8 Å². The topological polar surface area (TPSA) is 117 Å². The first-order valence-corrected chi connectivity index (χ1v) is 6.04. The Bertz CT molecular complexity index is 275. The molecule has 0 aliphatic rings. The third-order valence-corrected chi connectivity index (χ3v) is 2.47. The fourth-order valence-corrected chi connectivity index (χ4v) is 1.63. The maximum absolute atomic E-state index is 11.4. The minimum Gasteiger partial charge on any atom is -0.370 e. The zero-order valence-corrected chi connectivity index (χ0v) is 10.4. The SMILES string of the molecule is CCCC(C)NC(=O)CSC(=N)N=C(N)N. The molecule has 1 unspecified atom stereocenters. The minimum atomic E-state index is -0.169. The van der Waals surface area contributed by atoms with E-state index in [0.29, 0.717) is 0 Å². The van der Waals surface area contributed by atoms with Gasteiger partial charge >= 0.3 is 0 Å². The molecule has 6 nitrogen and oxygen atoms in total. The van der Waals surface area contributed by atoms with E-state index < -0.39 is 0 Å². The van der Waals surface area contributed by atoms with Crippen molar-refractivity contribution in [2.75, 3.05) is 5.75 Å². The van der Waals surface area contributed by atoms with Crippen molar-refractivity contribution in [1.29, 1.82) is 5.41 Å². The third-order valence-electron chi connectivity index (χ3n) is 1.70. The Kier molecular flexibility index (Phi) is 7.36. The van der Waals surface area contributed by atoms with E-state index in [1.54, 1.807) is 0 Å². The van der Waals surface area contributed by atoms with Crippen molar-refractivity contribution < 1.29 is 4.79 Å². The lowest BCUT2D eigenvalue weighted by molar-refractivity contribution is -0.119. The van der Waals surface area contributed by atoms with Gasteiger partial charge in [-0.15, -0.1) is 0 Å². The molecular weight excluding hydrogens is 226 g/mol. The van der Waals surface area contributed by atoms with Gasteiger partial charge in [0.05, 0.1) is 5.75 Å². The summed E-state index contributed by atoms with van der Waals surface area (Å²) in [5.74, 6) is -0.123. The van der Waals surface area contributed by atoms with Crippen molar-refractivity contribution in [2.45, 2.75) is 32.7 Å². The molecule has 0 rings (SSSR count). The van der Waals surface area contributed by atoms with Crippen LogP contribution in [0.25, 0.3) is 0 Å². The van der Waals surface area contributed by atoms with Crippen LogP contribution in [0, 0.1) is 5.41 Å². The van der Waals surface area contributed by atoms with Gasteiger partial charge in [-0.25, -0.2) is 0 Å². The molecule has 0 aromatic rings. The average molecular weight is 245 g/mol. The van der Waals surface area contributed by atoms with E-state index in [2.05, 4.69) is 17.2 Å². The van der Waals surface area contributed by atoms with Gasteiger partial charge in [0, 0.05) is 6.04 Å². The molecule has 0 aliphatic heterocycles. The van der Waals surface area contributed by atoms with Gasteiger partial charge in [0.25, 0.3) is 0 Å². The number of thioether (sulfide) groups is 1. The number of carbonyl (C=O) groups excluding carboxylic acids is 1. The number of hydrogen-bond acceptors (Lipinski definition) is 3. The maximum Gasteiger partial charge on any atom is 0.230 e. The Morgan fingerprint density at radius 2 is 2.19 bits per heavy atom. The molecule has 0 saturated carbocycles. The van der Waals surface area contributed by atoms with Gasteiger partial charge in [-0.2, -0.15) is 4.99 Å². The van der Waals surface area contributed by atoms with Crippen LogP contribution in [0.15, 0.2) is 4.99 Å². The summed E-state index contributed by atoms with van der Waals surface area (Å²) < 4.78 is 0. The quantitative estimate of drug-likeness (QED) is 0.409. The van der Waals surface area contributed by atoms with Gasteiger partial charge in [0.2, 0.25) is 5.91 Å². The average Bonchev–Trinajstić information content (AvgIpc) is 2.14. The fourth-order valence-electron chi connectivity index (χ4n) is 1.11. The number of amidine groups is 1. The molecule has 1 atom stereocenters. The van der Waals surface area contributed by atoms with Crippen LogP contribution in [-0.4, -0.2) is 28.8 Å². The first-order chi connectivity index (χ1) is 7.45. The highest BCUT2D eigenvalue weighted by molar-refractivity contribution is 8.14. The molecule has 0 fully saturated rings. The minimum absolute atomic E-state index is 0.0571. The summed E-state index contributed by atoms with van der Waals surface area (Å²) in [5.41, 5.74) is 10.2. The third kappa shape index (κ3) is 8.10. The summed E-state index contributed by atoms with van der Waals surface area (Å²) in [6.45, 7) is 4.01. The number of hydrogen-bond donors (Lipinski definition) is 4. The van der Waals surface area contributed by atoms with Crippen LogP contribution in [0.4, 0.5) is 0 Å². The number of aliphatic imine (C=N–C) groups is 1. The highest BCUT2D eigenvalue weighted by atomic mass is 32.2. The number of rotatable bonds is 5. The summed E-state index contributed by atoms with van der Waals surface area (Å²) in [6, 6.07) is 0.162. The molecule has 0 aliphatic carbocycles. The largest absolute Gasteiger partial charge is 0.370 e. The van der Waals surface area contributed by atoms with Gasteiger partial charge in [-0.1, -0.05) is 25.1 Å². The van der Waals surface area contributed by atoms with Crippen molar-refractivity contribution in [3.63, 3.8) is 0 Å². The second kappa shape index (κ2) is 7.98. The van der Waals surface area contributed by atoms with E-state index in [4.69, 9.17) is 16.9 Å². The molecule has 0 heterocycles. The van der Waals surface area contributed by atoms with E-state index in [1.807, 2.05) is 6.92 Å². The van der Waals surface area contributed by atoms with Gasteiger partial charge in [0.15, 0.2) is 11.1 Å². The molecule has 0 bridgehead atoms. The summed E-state index contributed by atoms with van der Waals surface area (Å²) in [5, 5.41) is 10.1. The Morgan fingerprint density at radius 1 is 1.56 bits per heavy atom. The smallest absolute Gasteiger partial charge is 0.230 e. The lowest BCUT2D eigenvalue weighted by atomic mass is 10.2. The summed E-state index contributed by atoms with van der Waals surface area (Å²) in [7, 11) is 0. The zero-order valence-electron chi connectivity index (χ0n) is 9.62. The van der Waals surface area contributed by atoms with E-state index in [0.717, 1.165) is 24.6 Å². The van der Waals surface area contributed by atoms with Gasteiger partial charge in [-0.05, 0) is 13.3 Å². The monoisotopic (exact) mass is 245 g/mol. The maximum atomic E-state index is 11.4. The number of nitrogens with zero attached hydrogens (tertiary/aromatic N) is 1. The number of carbonyl (C=O) groups is 1. The van der Waals surface area contributed by atoms with Crippen molar-refractivity contribution in [2.24, 2.45) is 16.5 Å². The van der Waals surface area contributed by atoms with Crippen LogP contribution in [0.2, 0.25) is 0 Å². The Hall–Kier alpha value is -1.24. The molecule has 0 spiro atoms. The van der Waals surface area contributed by atoms with Crippen LogP contribution < -0.4 is 16.8 Å². The van der Waals surface area contributed by atoms with Crippen LogP contribution in [0.3, 0.4) is 0 Å². The first-order valence-electron chi connectivity index (χ1n) is 5.06. The lowest BCUT2D eigenvalue weighted by Gasteiger charge is -2.11. The van der Waals surface area contributed by atoms with Crippen LogP contribution >= 0.6 is 11.8 Å². The van der Waals surface area contributed by atoms with Gasteiger partial charge in [-0.3, -0.25) is 10.2 Å². The molecular formula is C9H19N5OS. The van der Waals surface area contributed by atoms with Gasteiger partial charge in [0.1, 0.15) is 0 Å². The molecule has 0 aromatic heterocycles. The van der Waals surface area contributed by atoms with Crippen LogP contribution in [0.1, 0.15) is 26.7 Å². The van der Waals surface area contributed by atoms with Crippen LogP contribution in [0.5, 0.6) is 0 Å². The summed E-state index contributed by atoms with van der Waals surface area (Å²) in [4.78, 5) is 14.9. The zero-order chi connectivity index (χ0) is 12.6. The van der Waals surface area contributed by atoms with Gasteiger partial charge < -0.3 is 16.8 Å². The molecule has 0 aromatic carbocycles. The normalized spacial score (nSPS) is 11.6. The molecule has 1 amide bonds. The molecule has 0 radical (unpaired) electrons. The molecule has 0 saturated heterocycles. The highest BCUT2D eigenvalue weighted by Crippen LogP contribution is 2.03. The van der Waals surface area contributed by atoms with E-state index in [9.17, 15) is 4.79 Å². The second-order valence-corrected chi connectivity index (χ2v) is 4.35. The highest BCUT2D eigenvalue weighted by Gasteiger charge is 2.07. The van der Waals surface area contributed by atoms with Crippen LogP contribution in [-0.2, 0) is 4.79 Å². The summed E-state index contributed by atoms with van der Waals surface area (Å²) >= 11 is 0.997. The standard InChI is InChI=1S/C9H19N5OS/c1-3-4-6(2)13-7(15)5-16-9(12)14-8(10)11/h6H,3-5H2,1-2H3,(H,13,15)(H5,10,11,12,14). The predicted molar refractivity (Wildman–Crippen MR) is 68.5 cm³/mol. The Balaban J connectivity index is 3.81. The molecule has 7 heteroatoms. The number of amides is 1. The number of guanidine groups is 1. The molecule has 6 N–H and O–H groups in total. The summed E-state index contributed by atoms with van der Waals surface area (Å²) in [6.07, 6.45) is 1.97. The van der Waals surface area contributed by atoms with E-state index >= 15 is 0 Å². The molecule has 92 valence electrons. The lowest BCUT2D eigenvalue weighted by Crippen LogP contribution is -2.34. The van der Waals surface area contributed by atoms with E-state index in [-0.39, 0.29) is 28.8 Å². The van der Waals surface area contributed by atoms with Crippen molar-refractivity contribution in [3.05, 3.63) is 0 Å². The number of nitrogens with two attached hydrogens (primary N) is 2. The number of nitrogens with one attached hydrogen (secondary N) is 2. The Morgan fingerprint density at radius 3 is 2.69 bits per heavy atom. The van der Waals surface area contributed by atoms with Crippen molar-refractivity contribution >= 4 is 28.8 Å². The van der Waals surface area contributed by atoms with E-state index in [1.165, 1.54) is 0 Å². The second-order valence-electron chi connectivity index (χ2n) is 3.39. The fraction of sp³-hybridized carbons (Fsp3) is 0.667. The predicted octanol–water partition coefficient (Wildman–Crippen LogP) is 0.233. The molecule has 16 heavy (non-hydrogen) atoms. The van der Waals surface area contributed by atoms with Crippen molar-refractivity contribution in [1.82, 2.24) is 5.32 Å². The first kappa shape index (κ1) is 14.8. The van der Waals surface area contributed by atoms with Crippen molar-refractivity contribution in [3.8, 4) is 0 Å².